The van der Waals surface area contributed by atoms with Gasteiger partial charge in [0.25, 0.3) is 0 Å². The molecule has 11 heavy (non-hydrogen) atoms. The normalized spacial score (nSPS) is 24.5. The molecule has 0 aromatic heterocycles. The zero-order chi connectivity index (χ0) is 8.43. The number of piperidine rings is 1. The molecule has 1 saturated heterocycles. The molecule has 0 bridgehead atoms. The Kier molecular flexibility index (Phi) is 1.89. The Morgan fingerprint density at radius 1 is 1.55 bits per heavy atom. The van der Waals surface area contributed by atoms with Gasteiger partial charge in [0.05, 0.1) is 0 Å². The van der Waals surface area contributed by atoms with Crippen LogP contribution >= 0.6 is 0 Å². The predicted octanol–water partition coefficient (Wildman–Crippen LogP) is -1.22. The van der Waals surface area contributed by atoms with Gasteiger partial charge in [-0.05, 0) is 0 Å². The van der Waals surface area contributed by atoms with Crippen LogP contribution in [-0.4, -0.2) is 29.3 Å². The van der Waals surface area contributed by atoms with Crippen molar-refractivity contribution in [3.05, 3.63) is 0 Å². The minimum Gasteiger partial charge on any atom is -0.480 e. The molecule has 5 nitrogen and oxygen atoms in total. The van der Waals surface area contributed by atoms with E-state index in [1.165, 1.54) is 0 Å². The second-order valence-corrected chi connectivity index (χ2v) is 2.28. The Bertz CT molecular complexity index is 207. The number of ketones is 1. The summed E-state index contributed by atoms with van der Waals surface area (Å²) in [6, 6.07) is 0. The van der Waals surface area contributed by atoms with Gasteiger partial charge >= 0.3 is 5.97 Å². The molecule has 2 N–H and O–H groups in total. The minimum atomic E-state index is -1.48. The monoisotopic (exact) mass is 157 g/mol. The van der Waals surface area contributed by atoms with Crippen LogP contribution in [0.2, 0.25) is 0 Å². The fraction of sp³-hybridized carbons (Fsp3) is 0.500. The van der Waals surface area contributed by atoms with E-state index in [0.29, 0.717) is 0 Å². The molecule has 0 saturated carbocycles. The smallest absolute Gasteiger partial charge is 0.323 e. The first kappa shape index (κ1) is 7.71. The van der Waals surface area contributed by atoms with Gasteiger partial charge in [-0.2, -0.15) is 0 Å². The highest BCUT2D eigenvalue weighted by atomic mass is 16.4. The first-order chi connectivity index (χ1) is 5.13. The maximum Gasteiger partial charge on any atom is 0.323 e. The van der Waals surface area contributed by atoms with Crippen LogP contribution in [0.4, 0.5) is 0 Å². The summed E-state index contributed by atoms with van der Waals surface area (Å²) >= 11 is 0. The van der Waals surface area contributed by atoms with Gasteiger partial charge in [-0.15, -0.1) is 0 Å². The fourth-order valence-corrected chi connectivity index (χ4v) is 0.951. The molecule has 0 spiro atoms. The zero-order valence-corrected chi connectivity index (χ0v) is 5.66. The third-order valence-electron chi connectivity index (χ3n) is 1.50. The fourth-order valence-electron chi connectivity index (χ4n) is 0.951. The van der Waals surface area contributed by atoms with Crippen LogP contribution in [0.5, 0.6) is 0 Å². The van der Waals surface area contributed by atoms with Crippen molar-refractivity contribution in [1.82, 2.24) is 5.32 Å². The maximum absolute atomic E-state index is 10.8. The van der Waals surface area contributed by atoms with Gasteiger partial charge in [-0.1, -0.05) is 0 Å². The van der Waals surface area contributed by atoms with E-state index in [4.69, 9.17) is 5.11 Å². The van der Waals surface area contributed by atoms with Crippen molar-refractivity contribution in [2.75, 3.05) is 6.54 Å². The van der Waals surface area contributed by atoms with Crippen LogP contribution in [0.1, 0.15) is 6.42 Å². The second-order valence-electron chi connectivity index (χ2n) is 2.28. The molecular weight excluding hydrogens is 150 g/mol. The molecule has 0 radical (unpaired) electrons. The van der Waals surface area contributed by atoms with E-state index < -0.39 is 23.6 Å². The molecule has 1 heterocycles. The second kappa shape index (κ2) is 2.69. The summed E-state index contributed by atoms with van der Waals surface area (Å²) in [5.41, 5.74) is 0. The van der Waals surface area contributed by atoms with Gasteiger partial charge in [-0.3, -0.25) is 14.4 Å². The quantitative estimate of drug-likeness (QED) is 0.467. The highest BCUT2D eigenvalue weighted by Gasteiger charge is 2.35. The summed E-state index contributed by atoms with van der Waals surface area (Å²) < 4.78 is 0. The molecule has 1 aliphatic heterocycles. The molecule has 60 valence electrons. The lowest BCUT2D eigenvalue weighted by Gasteiger charge is -2.16. The standard InChI is InChI=1S/C6H7NO4/c8-3-1-2-7-5(9)4(3)6(10)11/h4H,1-2H2,(H,7,9)(H,10,11). The summed E-state index contributed by atoms with van der Waals surface area (Å²) in [6.45, 7) is 0.251. The Labute approximate surface area is 62.4 Å². The predicted molar refractivity (Wildman–Crippen MR) is 33.8 cm³/mol. The number of carboxylic acid groups (broad SMARTS) is 1. The summed E-state index contributed by atoms with van der Waals surface area (Å²) in [5.74, 6) is -4.06. The lowest BCUT2D eigenvalue weighted by molar-refractivity contribution is -0.152. The Morgan fingerprint density at radius 3 is 2.55 bits per heavy atom. The molecule has 0 aromatic rings. The number of Topliss-reactive ketones (excluding diaryl/α,β-unsaturated/α-hetero) is 1. The Morgan fingerprint density at radius 2 is 2.18 bits per heavy atom. The van der Waals surface area contributed by atoms with E-state index >= 15 is 0 Å². The van der Waals surface area contributed by atoms with Crippen LogP contribution < -0.4 is 5.32 Å². The maximum atomic E-state index is 10.8. The number of amides is 1. The topological polar surface area (TPSA) is 83.5 Å². The van der Waals surface area contributed by atoms with Crippen molar-refractivity contribution in [3.63, 3.8) is 0 Å². The summed E-state index contributed by atoms with van der Waals surface area (Å²) in [5, 5.41) is 10.7. The number of aliphatic carboxylic acids is 1. The summed E-state index contributed by atoms with van der Waals surface area (Å²) in [4.78, 5) is 31.8. The van der Waals surface area contributed by atoms with Gasteiger partial charge < -0.3 is 10.4 Å². The molecular formula is C6H7NO4. The first-order valence-electron chi connectivity index (χ1n) is 3.16. The number of carbonyl (C=O) groups is 3. The number of rotatable bonds is 1. The number of nitrogens with one attached hydrogen (secondary N) is 1. The number of hydrogen-bond acceptors (Lipinski definition) is 3. The minimum absolute atomic E-state index is 0.114. The lowest BCUT2D eigenvalue weighted by Crippen LogP contribution is -2.46. The first-order valence-corrected chi connectivity index (χ1v) is 3.16. The van der Waals surface area contributed by atoms with E-state index in [0.717, 1.165) is 0 Å². The SMILES string of the molecule is O=C(O)C1C(=O)CCNC1=O. The molecule has 1 atom stereocenters. The van der Waals surface area contributed by atoms with Crippen LogP contribution in [-0.2, 0) is 14.4 Å². The molecule has 1 rings (SSSR count). The molecule has 1 amide bonds. The average Bonchev–Trinajstić information content (AvgIpc) is 1.85. The highest BCUT2D eigenvalue weighted by molar-refractivity contribution is 6.17. The Hall–Kier alpha value is -1.39. The Balaban J connectivity index is 2.79. The van der Waals surface area contributed by atoms with E-state index in [1.807, 2.05) is 0 Å². The van der Waals surface area contributed by atoms with Crippen molar-refractivity contribution in [3.8, 4) is 0 Å². The van der Waals surface area contributed by atoms with Crippen LogP contribution in [0.25, 0.3) is 0 Å². The van der Waals surface area contributed by atoms with E-state index in [1.54, 1.807) is 0 Å². The van der Waals surface area contributed by atoms with Gasteiger partial charge in [0.2, 0.25) is 5.91 Å². The molecule has 0 aliphatic carbocycles. The third kappa shape index (κ3) is 1.36. The van der Waals surface area contributed by atoms with Crippen molar-refractivity contribution in [2.24, 2.45) is 5.92 Å². The third-order valence-corrected chi connectivity index (χ3v) is 1.50. The van der Waals surface area contributed by atoms with Crippen molar-refractivity contribution < 1.29 is 19.5 Å². The van der Waals surface area contributed by atoms with E-state index in [-0.39, 0.29) is 13.0 Å². The van der Waals surface area contributed by atoms with Crippen LogP contribution in [0.3, 0.4) is 0 Å². The van der Waals surface area contributed by atoms with Crippen molar-refractivity contribution in [1.29, 1.82) is 0 Å². The van der Waals surface area contributed by atoms with Gasteiger partial charge in [-0.25, -0.2) is 0 Å². The zero-order valence-electron chi connectivity index (χ0n) is 5.66. The van der Waals surface area contributed by atoms with Crippen molar-refractivity contribution in [2.45, 2.75) is 6.42 Å². The van der Waals surface area contributed by atoms with Gasteiger partial charge in [0.15, 0.2) is 11.7 Å². The molecule has 0 aromatic carbocycles. The number of carboxylic acids is 1. The number of hydrogen-bond donors (Lipinski definition) is 2. The van der Waals surface area contributed by atoms with Gasteiger partial charge in [0, 0.05) is 13.0 Å². The van der Waals surface area contributed by atoms with Crippen LogP contribution in [0.15, 0.2) is 0 Å². The van der Waals surface area contributed by atoms with E-state index in [9.17, 15) is 14.4 Å². The highest BCUT2D eigenvalue weighted by Crippen LogP contribution is 2.06. The average molecular weight is 157 g/mol. The molecule has 5 heteroatoms. The number of carbonyl (C=O) groups excluding carboxylic acids is 2. The lowest BCUT2D eigenvalue weighted by atomic mass is 9.97. The summed E-state index contributed by atoms with van der Waals surface area (Å²) in [7, 11) is 0. The molecule has 1 unspecified atom stereocenters. The largest absolute Gasteiger partial charge is 0.480 e. The molecule has 1 fully saturated rings. The van der Waals surface area contributed by atoms with Crippen LogP contribution in [0, 0.1) is 5.92 Å². The van der Waals surface area contributed by atoms with Gasteiger partial charge in [0.1, 0.15) is 0 Å². The molecule has 1 aliphatic rings. The van der Waals surface area contributed by atoms with Crippen molar-refractivity contribution >= 4 is 17.7 Å². The summed E-state index contributed by atoms with van der Waals surface area (Å²) in [6.07, 6.45) is 0.114. The van der Waals surface area contributed by atoms with E-state index in [2.05, 4.69) is 5.32 Å².